The van der Waals surface area contributed by atoms with Crippen molar-refractivity contribution >= 4 is 5.78 Å². The molecule has 1 atom stereocenters. The smallest absolute Gasteiger partial charge is 0.149 e. The van der Waals surface area contributed by atoms with Gasteiger partial charge < -0.3 is 0 Å². The molecule has 1 heterocycles. The van der Waals surface area contributed by atoms with E-state index in [0.29, 0.717) is 12.3 Å². The van der Waals surface area contributed by atoms with Crippen molar-refractivity contribution in [2.24, 2.45) is 5.92 Å². The quantitative estimate of drug-likeness (QED) is 0.733. The molecule has 1 unspecified atom stereocenters. The third-order valence-corrected chi connectivity index (χ3v) is 3.06. The van der Waals surface area contributed by atoms with E-state index in [2.05, 4.69) is 17.0 Å². The molecule has 0 N–H and O–H groups in total. The van der Waals surface area contributed by atoms with Gasteiger partial charge in [-0.05, 0) is 18.5 Å². The highest BCUT2D eigenvalue weighted by Crippen LogP contribution is 2.15. The molecule has 0 saturated carbocycles. The van der Waals surface area contributed by atoms with Crippen LogP contribution in [0.15, 0.2) is 30.3 Å². The molecule has 0 aliphatic carbocycles. The van der Waals surface area contributed by atoms with Crippen molar-refractivity contribution in [2.45, 2.75) is 19.9 Å². The van der Waals surface area contributed by atoms with Crippen LogP contribution in [0, 0.1) is 5.92 Å². The molecule has 1 aromatic rings. The highest BCUT2D eigenvalue weighted by molar-refractivity contribution is 5.83. The van der Waals surface area contributed by atoms with Gasteiger partial charge in [0.25, 0.3) is 0 Å². The van der Waals surface area contributed by atoms with E-state index in [4.69, 9.17) is 0 Å². The lowest BCUT2D eigenvalue weighted by Crippen LogP contribution is -2.39. The standard InChI is InChI=1S/C13H17NO/c1-11-7-8-14(10-13(11)15)9-12-5-3-2-4-6-12/h2-6,11H,7-10H2,1H3. The summed E-state index contributed by atoms with van der Waals surface area (Å²) in [7, 11) is 0. The summed E-state index contributed by atoms with van der Waals surface area (Å²) >= 11 is 0. The van der Waals surface area contributed by atoms with E-state index in [1.54, 1.807) is 0 Å². The number of piperidine rings is 1. The number of rotatable bonds is 2. The molecule has 0 bridgehead atoms. The fraction of sp³-hybridized carbons (Fsp3) is 0.462. The Hall–Kier alpha value is -1.15. The lowest BCUT2D eigenvalue weighted by molar-refractivity contribution is -0.126. The van der Waals surface area contributed by atoms with Crippen molar-refractivity contribution in [2.75, 3.05) is 13.1 Å². The third kappa shape index (κ3) is 2.66. The molecular weight excluding hydrogens is 186 g/mol. The average molecular weight is 203 g/mol. The first-order valence-electron chi connectivity index (χ1n) is 5.54. The summed E-state index contributed by atoms with van der Waals surface area (Å²) in [4.78, 5) is 13.8. The molecule has 0 amide bonds. The number of carbonyl (C=O) groups excluding carboxylic acids is 1. The second-order valence-corrected chi connectivity index (χ2v) is 4.35. The minimum Gasteiger partial charge on any atom is -0.298 e. The van der Waals surface area contributed by atoms with Crippen LogP contribution in [-0.4, -0.2) is 23.8 Å². The number of likely N-dealkylation sites (tertiary alicyclic amines) is 1. The lowest BCUT2D eigenvalue weighted by Gasteiger charge is -2.29. The maximum absolute atomic E-state index is 11.6. The second kappa shape index (κ2) is 4.58. The van der Waals surface area contributed by atoms with Crippen LogP contribution in [0.1, 0.15) is 18.9 Å². The molecule has 15 heavy (non-hydrogen) atoms. The van der Waals surface area contributed by atoms with Crippen molar-refractivity contribution in [3.05, 3.63) is 35.9 Å². The van der Waals surface area contributed by atoms with Gasteiger partial charge in [0.1, 0.15) is 5.78 Å². The molecule has 0 aromatic heterocycles. The zero-order chi connectivity index (χ0) is 10.7. The Morgan fingerprint density at radius 2 is 2.07 bits per heavy atom. The Bertz CT molecular complexity index is 334. The number of Topliss-reactive ketones (excluding diaryl/α,β-unsaturated/α-hetero) is 1. The largest absolute Gasteiger partial charge is 0.298 e. The molecule has 1 aliphatic rings. The summed E-state index contributed by atoms with van der Waals surface area (Å²) in [5.74, 6) is 0.647. The highest BCUT2D eigenvalue weighted by Gasteiger charge is 2.22. The topological polar surface area (TPSA) is 20.3 Å². The van der Waals surface area contributed by atoms with Crippen molar-refractivity contribution in [1.82, 2.24) is 4.90 Å². The molecule has 0 radical (unpaired) electrons. The summed E-state index contributed by atoms with van der Waals surface area (Å²) in [6.07, 6.45) is 1.01. The van der Waals surface area contributed by atoms with Crippen LogP contribution >= 0.6 is 0 Å². The Labute approximate surface area is 90.9 Å². The van der Waals surface area contributed by atoms with Gasteiger partial charge in [-0.25, -0.2) is 0 Å². The number of hydrogen-bond acceptors (Lipinski definition) is 2. The Kier molecular flexibility index (Phi) is 3.17. The lowest BCUT2D eigenvalue weighted by atomic mass is 9.97. The van der Waals surface area contributed by atoms with Crippen molar-refractivity contribution in [3.8, 4) is 0 Å². The van der Waals surface area contributed by atoms with Crippen LogP contribution in [0.25, 0.3) is 0 Å². The third-order valence-electron chi connectivity index (χ3n) is 3.06. The van der Waals surface area contributed by atoms with Gasteiger partial charge in [-0.3, -0.25) is 9.69 Å². The van der Waals surface area contributed by atoms with Crippen molar-refractivity contribution in [3.63, 3.8) is 0 Å². The van der Waals surface area contributed by atoms with Crippen LogP contribution in [0.3, 0.4) is 0 Å². The van der Waals surface area contributed by atoms with E-state index >= 15 is 0 Å². The van der Waals surface area contributed by atoms with E-state index in [9.17, 15) is 4.79 Å². The van der Waals surface area contributed by atoms with Gasteiger partial charge in [-0.1, -0.05) is 37.3 Å². The zero-order valence-electron chi connectivity index (χ0n) is 9.15. The van der Waals surface area contributed by atoms with Gasteiger partial charge >= 0.3 is 0 Å². The summed E-state index contributed by atoms with van der Waals surface area (Å²) in [5, 5.41) is 0. The molecular formula is C13H17NO. The van der Waals surface area contributed by atoms with E-state index in [1.807, 2.05) is 25.1 Å². The number of carbonyl (C=O) groups is 1. The van der Waals surface area contributed by atoms with Gasteiger partial charge in [0.05, 0.1) is 6.54 Å². The molecule has 2 heteroatoms. The second-order valence-electron chi connectivity index (χ2n) is 4.35. The van der Waals surface area contributed by atoms with Gasteiger partial charge in [0.15, 0.2) is 0 Å². The Morgan fingerprint density at radius 1 is 1.33 bits per heavy atom. The van der Waals surface area contributed by atoms with E-state index in [-0.39, 0.29) is 5.92 Å². The number of ketones is 1. The highest BCUT2D eigenvalue weighted by atomic mass is 16.1. The predicted octanol–water partition coefficient (Wildman–Crippen LogP) is 2.10. The molecule has 1 saturated heterocycles. The normalized spacial score (nSPS) is 23.0. The first-order valence-corrected chi connectivity index (χ1v) is 5.54. The molecule has 1 fully saturated rings. The average Bonchev–Trinajstić information content (AvgIpc) is 2.25. The van der Waals surface area contributed by atoms with E-state index in [1.165, 1.54) is 5.56 Å². The van der Waals surface area contributed by atoms with Gasteiger partial charge in [0.2, 0.25) is 0 Å². The first kappa shape index (κ1) is 10.4. The van der Waals surface area contributed by atoms with E-state index < -0.39 is 0 Å². The number of benzene rings is 1. The van der Waals surface area contributed by atoms with Gasteiger partial charge in [-0.2, -0.15) is 0 Å². The Morgan fingerprint density at radius 3 is 2.73 bits per heavy atom. The maximum atomic E-state index is 11.6. The van der Waals surface area contributed by atoms with Gasteiger partial charge in [0, 0.05) is 12.5 Å². The van der Waals surface area contributed by atoms with Crippen LogP contribution in [0.5, 0.6) is 0 Å². The molecule has 2 nitrogen and oxygen atoms in total. The van der Waals surface area contributed by atoms with Crippen LogP contribution in [0.2, 0.25) is 0 Å². The molecule has 1 aliphatic heterocycles. The summed E-state index contributed by atoms with van der Waals surface area (Å²) in [5.41, 5.74) is 1.29. The molecule has 2 rings (SSSR count). The minimum absolute atomic E-state index is 0.261. The fourth-order valence-corrected chi connectivity index (χ4v) is 1.97. The van der Waals surface area contributed by atoms with Crippen molar-refractivity contribution in [1.29, 1.82) is 0 Å². The zero-order valence-corrected chi connectivity index (χ0v) is 9.15. The molecule has 80 valence electrons. The van der Waals surface area contributed by atoms with E-state index in [0.717, 1.165) is 19.5 Å². The van der Waals surface area contributed by atoms with Gasteiger partial charge in [-0.15, -0.1) is 0 Å². The maximum Gasteiger partial charge on any atom is 0.149 e. The predicted molar refractivity (Wildman–Crippen MR) is 60.5 cm³/mol. The SMILES string of the molecule is CC1CCN(Cc2ccccc2)CC1=O. The first-order chi connectivity index (χ1) is 7.25. The summed E-state index contributed by atoms with van der Waals surface area (Å²) < 4.78 is 0. The van der Waals surface area contributed by atoms with Crippen LogP contribution in [-0.2, 0) is 11.3 Å². The number of hydrogen-bond donors (Lipinski definition) is 0. The Balaban J connectivity index is 1.94. The van der Waals surface area contributed by atoms with Crippen LogP contribution < -0.4 is 0 Å². The van der Waals surface area contributed by atoms with Crippen LogP contribution in [0.4, 0.5) is 0 Å². The summed E-state index contributed by atoms with van der Waals surface area (Å²) in [6.45, 7) is 4.60. The van der Waals surface area contributed by atoms with Crippen molar-refractivity contribution < 1.29 is 4.79 Å². The number of nitrogens with zero attached hydrogens (tertiary/aromatic N) is 1. The molecule has 1 aromatic carbocycles. The molecule has 0 spiro atoms. The monoisotopic (exact) mass is 203 g/mol. The summed E-state index contributed by atoms with van der Waals surface area (Å²) in [6, 6.07) is 10.3. The minimum atomic E-state index is 0.261. The fourth-order valence-electron chi connectivity index (χ4n) is 1.97.